The number of benzene rings is 1. The van der Waals surface area contributed by atoms with E-state index in [4.69, 9.17) is 9.05 Å². The monoisotopic (exact) mass is 372 g/mol. The van der Waals surface area contributed by atoms with Crippen molar-refractivity contribution in [3.63, 3.8) is 0 Å². The Hall–Kier alpha value is -0.770. The number of halogens is 2. The maximum atomic E-state index is 14.3. The maximum absolute atomic E-state index is 14.3. The van der Waals surface area contributed by atoms with Gasteiger partial charge in [-0.15, -0.1) is 0 Å². The second kappa shape index (κ2) is 8.28. The van der Waals surface area contributed by atoms with E-state index in [1.54, 1.807) is 12.1 Å². The Bertz CT molecular complexity index is 596. The lowest BCUT2D eigenvalue weighted by atomic mass is 9.96. The van der Waals surface area contributed by atoms with Crippen molar-refractivity contribution >= 4 is 12.9 Å². The molecule has 0 saturated heterocycles. The van der Waals surface area contributed by atoms with Crippen molar-refractivity contribution in [1.29, 1.82) is 0 Å². The lowest BCUT2D eigenvalue weighted by molar-refractivity contribution is 0.0156. The molecule has 2 aliphatic rings. The predicted molar refractivity (Wildman–Crippen MR) is 94.9 cm³/mol. The quantitative estimate of drug-likeness (QED) is 0.649. The van der Waals surface area contributed by atoms with Gasteiger partial charge in [0.15, 0.2) is 0 Å². The summed E-state index contributed by atoms with van der Waals surface area (Å²) < 4.78 is 53.8. The molecule has 2 fully saturated rings. The Morgan fingerprint density at radius 3 is 1.84 bits per heavy atom. The summed E-state index contributed by atoms with van der Waals surface area (Å²) in [6.45, 7) is 1.82. The molecular weight excluding hydrogens is 345 g/mol. The molecule has 3 nitrogen and oxygen atoms in total. The highest BCUT2D eigenvalue weighted by Crippen LogP contribution is 2.53. The summed E-state index contributed by atoms with van der Waals surface area (Å²) in [6, 6.07) is 7.09. The zero-order valence-corrected chi connectivity index (χ0v) is 15.6. The number of rotatable bonds is 5. The molecule has 140 valence electrons. The average Bonchev–Trinajstić information content (AvgIpc) is 2.59. The molecule has 0 amide bonds. The van der Waals surface area contributed by atoms with Gasteiger partial charge in [0.25, 0.3) is 0 Å². The Labute approximate surface area is 148 Å². The molecule has 0 bridgehead atoms. The minimum Gasteiger partial charge on any atom is -0.299 e. The van der Waals surface area contributed by atoms with Gasteiger partial charge in [0, 0.05) is 0 Å². The van der Waals surface area contributed by atoms with Crippen LogP contribution in [-0.2, 0) is 13.6 Å². The number of hydrogen-bond acceptors (Lipinski definition) is 3. The van der Waals surface area contributed by atoms with Crippen LogP contribution < -0.4 is 5.30 Å². The molecule has 2 aliphatic carbocycles. The van der Waals surface area contributed by atoms with E-state index in [1.807, 2.05) is 19.1 Å². The van der Waals surface area contributed by atoms with Gasteiger partial charge < -0.3 is 0 Å². The smallest absolute Gasteiger partial charge is 0.299 e. The predicted octanol–water partition coefficient (Wildman–Crippen LogP) is 5.41. The summed E-state index contributed by atoms with van der Waals surface area (Å²) in [4.78, 5) is 0. The largest absolute Gasteiger partial charge is 0.362 e. The first-order valence-corrected chi connectivity index (χ1v) is 10.8. The highest BCUT2D eigenvalue weighted by Gasteiger charge is 2.41. The molecule has 0 aromatic heterocycles. The standard InChI is InChI=1S/C19H27F2O3P/c1-14-8-2-7-13-19(14)25(22,23-17-11-5-3-9-15(17)20)24-18-12-6-4-10-16(18)21/h2,7-8,13,15-18H,3-6,9-12H2,1H3. The molecule has 1 aromatic rings. The maximum Gasteiger partial charge on any atom is 0.362 e. The number of hydrogen-bond donors (Lipinski definition) is 0. The molecule has 2 saturated carbocycles. The van der Waals surface area contributed by atoms with Crippen LogP contribution in [0.3, 0.4) is 0 Å². The van der Waals surface area contributed by atoms with E-state index < -0.39 is 32.1 Å². The first-order chi connectivity index (χ1) is 12.0. The normalized spacial score (nSPS) is 32.9. The molecule has 25 heavy (non-hydrogen) atoms. The summed E-state index contributed by atoms with van der Waals surface area (Å²) in [6.07, 6.45) is 1.36. The molecule has 0 aliphatic heterocycles. The van der Waals surface area contributed by atoms with E-state index in [0.717, 1.165) is 31.2 Å². The molecule has 0 heterocycles. The molecule has 1 aromatic carbocycles. The number of aryl methyl sites for hydroxylation is 1. The molecule has 0 spiro atoms. The van der Waals surface area contributed by atoms with Gasteiger partial charge in [-0.25, -0.2) is 8.78 Å². The van der Waals surface area contributed by atoms with Crippen LogP contribution in [0.15, 0.2) is 24.3 Å². The third-order valence-corrected chi connectivity index (χ3v) is 7.39. The lowest BCUT2D eigenvalue weighted by Crippen LogP contribution is -2.34. The first-order valence-electron chi connectivity index (χ1n) is 9.31. The van der Waals surface area contributed by atoms with E-state index in [-0.39, 0.29) is 0 Å². The van der Waals surface area contributed by atoms with Crippen LogP contribution in [0.2, 0.25) is 0 Å². The Morgan fingerprint density at radius 1 is 0.880 bits per heavy atom. The molecule has 4 atom stereocenters. The highest BCUT2D eigenvalue weighted by molar-refractivity contribution is 7.62. The fourth-order valence-electron chi connectivity index (χ4n) is 3.71. The van der Waals surface area contributed by atoms with Crippen molar-refractivity contribution < 1.29 is 22.4 Å². The van der Waals surface area contributed by atoms with Gasteiger partial charge in [-0.3, -0.25) is 13.6 Å². The van der Waals surface area contributed by atoms with Crippen LogP contribution in [0.1, 0.15) is 56.9 Å². The second-order valence-corrected chi connectivity index (χ2v) is 9.07. The third-order valence-electron chi connectivity index (χ3n) is 5.20. The van der Waals surface area contributed by atoms with Gasteiger partial charge in [0.1, 0.15) is 12.3 Å². The van der Waals surface area contributed by atoms with Crippen molar-refractivity contribution in [2.45, 2.75) is 82.8 Å². The fraction of sp³-hybridized carbons (Fsp3) is 0.684. The van der Waals surface area contributed by atoms with Crippen LogP contribution in [0.4, 0.5) is 8.78 Å². The van der Waals surface area contributed by atoms with Gasteiger partial charge >= 0.3 is 7.60 Å². The topological polar surface area (TPSA) is 35.5 Å². The zero-order chi connectivity index (χ0) is 17.9. The zero-order valence-electron chi connectivity index (χ0n) is 14.7. The van der Waals surface area contributed by atoms with E-state index in [9.17, 15) is 13.3 Å². The average molecular weight is 372 g/mol. The van der Waals surface area contributed by atoms with Crippen molar-refractivity contribution in [2.24, 2.45) is 0 Å². The first kappa shape index (κ1) is 19.0. The summed E-state index contributed by atoms with van der Waals surface area (Å²) in [5.41, 5.74) is 0.753. The summed E-state index contributed by atoms with van der Waals surface area (Å²) in [7, 11) is -3.80. The minimum absolute atomic E-state index is 0.410. The Balaban J connectivity index is 1.87. The lowest BCUT2D eigenvalue weighted by Gasteiger charge is -2.34. The van der Waals surface area contributed by atoms with E-state index in [0.29, 0.717) is 31.0 Å². The van der Waals surface area contributed by atoms with Crippen LogP contribution in [-0.4, -0.2) is 24.6 Å². The Kier molecular flexibility index (Phi) is 6.30. The van der Waals surface area contributed by atoms with Crippen molar-refractivity contribution in [3.8, 4) is 0 Å². The van der Waals surface area contributed by atoms with Crippen LogP contribution in [0.25, 0.3) is 0 Å². The second-order valence-electron chi connectivity index (χ2n) is 7.17. The Morgan fingerprint density at radius 2 is 1.36 bits per heavy atom. The number of alkyl halides is 2. The minimum atomic E-state index is -3.80. The molecule has 0 N–H and O–H groups in total. The van der Waals surface area contributed by atoms with Gasteiger partial charge in [-0.1, -0.05) is 43.9 Å². The summed E-state index contributed by atoms with van der Waals surface area (Å²) in [5, 5.41) is 0.422. The molecule has 3 rings (SSSR count). The van der Waals surface area contributed by atoms with E-state index in [2.05, 4.69) is 0 Å². The van der Waals surface area contributed by atoms with Crippen LogP contribution >= 0.6 is 7.60 Å². The van der Waals surface area contributed by atoms with Crippen molar-refractivity contribution in [3.05, 3.63) is 29.8 Å². The van der Waals surface area contributed by atoms with Gasteiger partial charge in [-0.2, -0.15) is 0 Å². The van der Waals surface area contributed by atoms with Crippen molar-refractivity contribution in [1.82, 2.24) is 0 Å². The van der Waals surface area contributed by atoms with E-state index in [1.165, 1.54) is 0 Å². The molecular formula is C19H27F2O3P. The van der Waals surface area contributed by atoms with Gasteiger partial charge in [-0.05, 0) is 44.2 Å². The summed E-state index contributed by atoms with van der Waals surface area (Å²) in [5.74, 6) is 0. The fourth-order valence-corrected chi connectivity index (χ4v) is 5.95. The van der Waals surface area contributed by atoms with Gasteiger partial charge in [0.2, 0.25) is 0 Å². The SMILES string of the molecule is Cc1ccccc1P(=O)(OC1CCCCC1F)OC1CCCCC1F. The van der Waals surface area contributed by atoms with Crippen LogP contribution in [0.5, 0.6) is 0 Å². The third kappa shape index (κ3) is 4.50. The highest BCUT2D eigenvalue weighted by atomic mass is 31.2. The van der Waals surface area contributed by atoms with Crippen molar-refractivity contribution in [2.75, 3.05) is 0 Å². The molecule has 6 heteroatoms. The van der Waals surface area contributed by atoms with Crippen LogP contribution in [0, 0.1) is 6.92 Å². The molecule has 0 radical (unpaired) electrons. The van der Waals surface area contributed by atoms with Gasteiger partial charge in [0.05, 0.1) is 17.5 Å². The summed E-state index contributed by atoms with van der Waals surface area (Å²) >= 11 is 0. The van der Waals surface area contributed by atoms with E-state index >= 15 is 0 Å². The molecule has 4 unspecified atom stereocenters.